The topological polar surface area (TPSA) is 95.7 Å². The predicted molar refractivity (Wildman–Crippen MR) is 55.4 cm³/mol. The largest absolute Gasteiger partial charge is 0.481 e. The summed E-state index contributed by atoms with van der Waals surface area (Å²) in [6, 6.07) is 1.47. The summed E-state index contributed by atoms with van der Waals surface area (Å²) in [7, 11) is 3.11. The first-order valence-corrected chi connectivity index (χ1v) is 4.81. The Labute approximate surface area is 96.6 Å². The number of ketones is 1. The van der Waals surface area contributed by atoms with Gasteiger partial charge in [-0.1, -0.05) is 0 Å². The van der Waals surface area contributed by atoms with Gasteiger partial charge >= 0.3 is 0 Å². The molecule has 0 unspecified atom stereocenters. The molecule has 0 fully saturated rings. The van der Waals surface area contributed by atoms with Crippen LogP contribution in [0.3, 0.4) is 0 Å². The van der Waals surface area contributed by atoms with E-state index in [0.29, 0.717) is 11.7 Å². The van der Waals surface area contributed by atoms with Gasteiger partial charge in [0.25, 0.3) is 0 Å². The molecule has 0 saturated carbocycles. The molecule has 0 atom stereocenters. The van der Waals surface area contributed by atoms with Crippen molar-refractivity contribution in [2.75, 3.05) is 7.11 Å². The van der Waals surface area contributed by atoms with E-state index < -0.39 is 0 Å². The Hall–Kier alpha value is -2.38. The van der Waals surface area contributed by atoms with Gasteiger partial charge in [-0.15, -0.1) is 10.2 Å². The quantitative estimate of drug-likeness (QED) is 0.654. The van der Waals surface area contributed by atoms with Crippen molar-refractivity contribution >= 4 is 5.78 Å². The van der Waals surface area contributed by atoms with Crippen LogP contribution in [0.2, 0.25) is 0 Å². The van der Waals surface area contributed by atoms with Gasteiger partial charge < -0.3 is 4.74 Å². The lowest BCUT2D eigenvalue weighted by Crippen LogP contribution is -2.08. The number of aromatic nitrogens is 6. The summed E-state index contributed by atoms with van der Waals surface area (Å²) >= 11 is 0. The van der Waals surface area contributed by atoms with E-state index in [9.17, 15) is 4.79 Å². The van der Waals surface area contributed by atoms with Crippen molar-refractivity contribution in [1.82, 2.24) is 30.2 Å². The summed E-state index contributed by atoms with van der Waals surface area (Å²) in [4.78, 5) is 20.8. The average molecular weight is 234 g/mol. The summed E-state index contributed by atoms with van der Waals surface area (Å²) in [5.41, 5.74) is 0.268. The predicted octanol–water partition coefficient (Wildman–Crippen LogP) is -0.566. The van der Waals surface area contributed by atoms with Crippen LogP contribution in [0.15, 0.2) is 12.4 Å². The molecule has 2 rings (SSSR count). The summed E-state index contributed by atoms with van der Waals surface area (Å²) < 4.78 is 4.91. The van der Waals surface area contributed by atoms with E-state index in [1.165, 1.54) is 24.3 Å². The van der Waals surface area contributed by atoms with Crippen LogP contribution in [0.4, 0.5) is 0 Å². The maximum Gasteiger partial charge on any atom is 0.216 e. The first-order chi connectivity index (χ1) is 8.19. The first kappa shape index (κ1) is 11.1. The number of nitrogens with zero attached hydrogens (tertiary/aromatic N) is 6. The maximum absolute atomic E-state index is 11.8. The summed E-state index contributed by atoms with van der Waals surface area (Å²) in [6.07, 6.45) is 1.32. The average Bonchev–Trinajstić information content (AvgIpc) is 2.75. The molecule has 8 heteroatoms. The number of hydrogen-bond donors (Lipinski definition) is 0. The highest BCUT2D eigenvalue weighted by Crippen LogP contribution is 2.07. The molecule has 0 bridgehead atoms. The molecule has 8 nitrogen and oxygen atoms in total. The molecule has 0 aliphatic heterocycles. The number of carbonyl (C=O) groups is 1. The standard InChI is InChI=1S/C9H10N6O2/c1-15-13-8(12-14-15)4-7(16)6-3-9(17-2)11-5-10-6/h3,5H,4H2,1-2H3. The van der Waals surface area contributed by atoms with Crippen molar-refractivity contribution in [1.29, 1.82) is 0 Å². The summed E-state index contributed by atoms with van der Waals surface area (Å²) in [6.45, 7) is 0. The van der Waals surface area contributed by atoms with Crippen LogP contribution >= 0.6 is 0 Å². The normalized spacial score (nSPS) is 10.2. The third-order valence-corrected chi connectivity index (χ3v) is 2.01. The first-order valence-electron chi connectivity index (χ1n) is 4.81. The molecule has 0 amide bonds. The van der Waals surface area contributed by atoms with Crippen LogP contribution in [0.5, 0.6) is 5.88 Å². The van der Waals surface area contributed by atoms with Gasteiger partial charge in [-0.3, -0.25) is 4.79 Å². The van der Waals surface area contributed by atoms with E-state index >= 15 is 0 Å². The van der Waals surface area contributed by atoms with E-state index in [1.54, 1.807) is 7.05 Å². The monoisotopic (exact) mass is 234 g/mol. The van der Waals surface area contributed by atoms with Crippen LogP contribution in [0.1, 0.15) is 16.3 Å². The molecule has 0 radical (unpaired) electrons. The van der Waals surface area contributed by atoms with E-state index in [1.807, 2.05) is 0 Å². The maximum atomic E-state index is 11.8. The third kappa shape index (κ3) is 2.60. The van der Waals surface area contributed by atoms with Crippen molar-refractivity contribution in [3.63, 3.8) is 0 Å². The number of tetrazole rings is 1. The molecule has 88 valence electrons. The van der Waals surface area contributed by atoms with Crippen molar-refractivity contribution in [2.24, 2.45) is 7.05 Å². The molecule has 2 aromatic rings. The number of ether oxygens (including phenoxy) is 1. The molecular formula is C9H10N6O2. The lowest BCUT2D eigenvalue weighted by atomic mass is 10.2. The Bertz CT molecular complexity index is 538. The third-order valence-electron chi connectivity index (χ3n) is 2.01. The van der Waals surface area contributed by atoms with Gasteiger partial charge in [0.2, 0.25) is 5.88 Å². The van der Waals surface area contributed by atoms with Crippen LogP contribution in [0, 0.1) is 0 Å². The van der Waals surface area contributed by atoms with Crippen molar-refractivity contribution in [3.05, 3.63) is 23.9 Å². The number of methoxy groups -OCH3 is 1. The Balaban J connectivity index is 2.14. The van der Waals surface area contributed by atoms with Gasteiger partial charge in [0.15, 0.2) is 11.6 Å². The zero-order valence-corrected chi connectivity index (χ0v) is 9.36. The highest BCUT2D eigenvalue weighted by Gasteiger charge is 2.13. The summed E-state index contributed by atoms with van der Waals surface area (Å²) in [5.74, 6) is 0.490. The van der Waals surface area contributed by atoms with Gasteiger partial charge in [-0.25, -0.2) is 9.97 Å². The van der Waals surface area contributed by atoms with Crippen LogP contribution in [-0.2, 0) is 13.5 Å². The van der Waals surface area contributed by atoms with Crippen molar-refractivity contribution in [2.45, 2.75) is 6.42 Å². The Morgan fingerprint density at radius 2 is 2.29 bits per heavy atom. The van der Waals surface area contributed by atoms with Crippen LogP contribution < -0.4 is 4.74 Å². The zero-order valence-electron chi connectivity index (χ0n) is 9.36. The molecule has 2 heterocycles. The SMILES string of the molecule is COc1cc(C(=O)Cc2nnn(C)n2)ncn1. The van der Waals surface area contributed by atoms with Gasteiger partial charge in [-0.2, -0.15) is 4.80 Å². The zero-order chi connectivity index (χ0) is 12.3. The fraction of sp³-hybridized carbons (Fsp3) is 0.333. The van der Waals surface area contributed by atoms with Crippen molar-refractivity contribution < 1.29 is 9.53 Å². The van der Waals surface area contributed by atoms with Crippen molar-refractivity contribution in [3.8, 4) is 5.88 Å². The molecule has 0 aliphatic carbocycles. The van der Waals surface area contributed by atoms with Gasteiger partial charge in [0.05, 0.1) is 20.6 Å². The second-order valence-electron chi connectivity index (χ2n) is 3.24. The smallest absolute Gasteiger partial charge is 0.216 e. The fourth-order valence-electron chi connectivity index (χ4n) is 1.23. The molecule has 0 N–H and O–H groups in total. The number of aryl methyl sites for hydroxylation is 1. The van der Waals surface area contributed by atoms with E-state index in [-0.39, 0.29) is 17.9 Å². The number of hydrogen-bond acceptors (Lipinski definition) is 7. The molecule has 0 aromatic carbocycles. The Kier molecular flexibility index (Phi) is 3.03. The Morgan fingerprint density at radius 1 is 1.47 bits per heavy atom. The lowest BCUT2D eigenvalue weighted by molar-refractivity contribution is 0.0985. The Morgan fingerprint density at radius 3 is 2.94 bits per heavy atom. The second kappa shape index (κ2) is 4.64. The minimum absolute atomic E-state index is 0.0496. The number of carbonyl (C=O) groups excluding carboxylic acids is 1. The molecule has 0 spiro atoms. The molecule has 17 heavy (non-hydrogen) atoms. The number of Topliss-reactive ketones (excluding diaryl/α,β-unsaturated/α-hetero) is 1. The fourth-order valence-corrected chi connectivity index (χ4v) is 1.23. The van der Waals surface area contributed by atoms with E-state index in [4.69, 9.17) is 4.74 Å². The molecule has 2 aromatic heterocycles. The van der Waals surface area contributed by atoms with Gasteiger partial charge in [0.1, 0.15) is 12.0 Å². The number of rotatable bonds is 4. The molecular weight excluding hydrogens is 224 g/mol. The molecule has 0 aliphatic rings. The molecule has 0 saturated heterocycles. The van der Waals surface area contributed by atoms with E-state index in [0.717, 1.165) is 0 Å². The summed E-state index contributed by atoms with van der Waals surface area (Å²) in [5, 5.41) is 11.3. The van der Waals surface area contributed by atoms with E-state index in [2.05, 4.69) is 25.4 Å². The van der Waals surface area contributed by atoms with Gasteiger partial charge in [0, 0.05) is 6.07 Å². The second-order valence-corrected chi connectivity index (χ2v) is 3.24. The lowest BCUT2D eigenvalue weighted by Gasteiger charge is -2.00. The van der Waals surface area contributed by atoms with Gasteiger partial charge in [-0.05, 0) is 5.21 Å². The minimum Gasteiger partial charge on any atom is -0.481 e. The van der Waals surface area contributed by atoms with Crippen LogP contribution in [0.25, 0.3) is 0 Å². The highest BCUT2D eigenvalue weighted by molar-refractivity contribution is 5.95. The van der Waals surface area contributed by atoms with Crippen LogP contribution in [-0.4, -0.2) is 43.1 Å². The minimum atomic E-state index is -0.210. The highest BCUT2D eigenvalue weighted by atomic mass is 16.5.